The molecule has 1 N–H and O–H groups in total. The van der Waals surface area contributed by atoms with E-state index in [0.29, 0.717) is 0 Å². The summed E-state index contributed by atoms with van der Waals surface area (Å²) in [7, 11) is 0. The van der Waals surface area contributed by atoms with Crippen molar-refractivity contribution in [1.82, 2.24) is 5.32 Å². The van der Waals surface area contributed by atoms with Crippen LogP contribution in [0, 0.1) is 0 Å². The Balaban J connectivity index is 1.55. The van der Waals surface area contributed by atoms with Crippen LogP contribution in [0.15, 0.2) is 22.7 Å². The minimum atomic E-state index is 0.108. The van der Waals surface area contributed by atoms with Gasteiger partial charge in [0.1, 0.15) is 11.9 Å². The van der Waals surface area contributed by atoms with E-state index in [4.69, 9.17) is 9.47 Å². The molecule has 2 unspecified atom stereocenters. The molecule has 0 amide bonds. The van der Waals surface area contributed by atoms with E-state index in [2.05, 4.69) is 34.2 Å². The van der Waals surface area contributed by atoms with Gasteiger partial charge in [0.25, 0.3) is 0 Å². The molecule has 1 saturated heterocycles. The molecule has 104 valence electrons. The first-order valence-electron chi connectivity index (χ1n) is 6.92. The third kappa shape index (κ3) is 3.12. The van der Waals surface area contributed by atoms with Crippen LogP contribution in [0.25, 0.3) is 0 Å². The predicted octanol–water partition coefficient (Wildman–Crippen LogP) is 2.91. The Morgan fingerprint density at radius 2 is 2.37 bits per heavy atom. The maximum absolute atomic E-state index is 5.97. The van der Waals surface area contributed by atoms with Gasteiger partial charge in [0, 0.05) is 29.6 Å². The van der Waals surface area contributed by atoms with Crippen LogP contribution in [0.1, 0.15) is 25.3 Å². The predicted molar refractivity (Wildman–Crippen MR) is 78.7 cm³/mol. The lowest BCUT2D eigenvalue weighted by atomic mass is 9.94. The van der Waals surface area contributed by atoms with Gasteiger partial charge in [-0.1, -0.05) is 15.9 Å². The first kappa shape index (κ1) is 13.4. The Morgan fingerprint density at radius 3 is 3.16 bits per heavy atom. The highest BCUT2D eigenvalue weighted by Gasteiger charge is 2.30. The molecule has 4 heteroatoms. The Hall–Kier alpha value is -0.580. The molecule has 3 nitrogen and oxygen atoms in total. The molecule has 1 aromatic rings. The van der Waals surface area contributed by atoms with E-state index in [1.54, 1.807) is 0 Å². The van der Waals surface area contributed by atoms with Gasteiger partial charge >= 0.3 is 0 Å². The SMILES string of the molecule is CC1(NCC2Cc3cc(Br)ccc3O2)CCCOC1. The van der Waals surface area contributed by atoms with Crippen LogP contribution < -0.4 is 10.1 Å². The first-order chi connectivity index (χ1) is 9.15. The van der Waals surface area contributed by atoms with E-state index in [0.717, 1.165) is 42.8 Å². The maximum atomic E-state index is 5.97. The Labute approximate surface area is 122 Å². The number of hydrogen-bond donors (Lipinski definition) is 1. The molecule has 2 aliphatic rings. The quantitative estimate of drug-likeness (QED) is 0.926. The van der Waals surface area contributed by atoms with Crippen molar-refractivity contribution in [3.63, 3.8) is 0 Å². The van der Waals surface area contributed by atoms with Gasteiger partial charge in [-0.2, -0.15) is 0 Å². The Bertz CT molecular complexity index is 457. The van der Waals surface area contributed by atoms with Crippen molar-refractivity contribution in [2.75, 3.05) is 19.8 Å². The molecular formula is C15H20BrNO2. The van der Waals surface area contributed by atoms with Crippen molar-refractivity contribution >= 4 is 15.9 Å². The average molecular weight is 326 g/mol. The zero-order chi connectivity index (χ0) is 13.3. The topological polar surface area (TPSA) is 30.5 Å². The van der Waals surface area contributed by atoms with Crippen LogP contribution in [0.4, 0.5) is 0 Å². The fourth-order valence-electron chi connectivity index (χ4n) is 2.84. The summed E-state index contributed by atoms with van der Waals surface area (Å²) >= 11 is 3.51. The van der Waals surface area contributed by atoms with Gasteiger partial charge in [-0.15, -0.1) is 0 Å². The number of rotatable bonds is 3. The molecule has 2 atom stereocenters. The summed E-state index contributed by atoms with van der Waals surface area (Å²) in [5, 5.41) is 3.63. The smallest absolute Gasteiger partial charge is 0.123 e. The minimum absolute atomic E-state index is 0.108. The fourth-order valence-corrected chi connectivity index (χ4v) is 3.24. The third-order valence-electron chi connectivity index (χ3n) is 3.96. The number of fused-ring (bicyclic) bond motifs is 1. The summed E-state index contributed by atoms with van der Waals surface area (Å²) in [5.41, 5.74) is 1.41. The van der Waals surface area contributed by atoms with Crippen molar-refractivity contribution in [2.24, 2.45) is 0 Å². The number of ether oxygens (including phenoxy) is 2. The van der Waals surface area contributed by atoms with Crippen LogP contribution >= 0.6 is 15.9 Å². The lowest BCUT2D eigenvalue weighted by Gasteiger charge is -2.35. The summed E-state index contributed by atoms with van der Waals surface area (Å²) in [4.78, 5) is 0. The number of nitrogens with one attached hydrogen (secondary N) is 1. The van der Waals surface area contributed by atoms with E-state index in [1.165, 1.54) is 12.0 Å². The van der Waals surface area contributed by atoms with Crippen LogP contribution in [-0.2, 0) is 11.2 Å². The summed E-state index contributed by atoms with van der Waals surface area (Å²) in [6.45, 7) is 4.83. The molecule has 0 saturated carbocycles. The molecular weight excluding hydrogens is 306 g/mol. The average Bonchev–Trinajstić information content (AvgIpc) is 2.79. The van der Waals surface area contributed by atoms with E-state index in [9.17, 15) is 0 Å². The maximum Gasteiger partial charge on any atom is 0.123 e. The van der Waals surface area contributed by atoms with Gasteiger partial charge in [-0.05, 0) is 43.5 Å². The van der Waals surface area contributed by atoms with Crippen molar-refractivity contribution in [3.05, 3.63) is 28.2 Å². The molecule has 1 fully saturated rings. The molecule has 2 heterocycles. The van der Waals surface area contributed by atoms with Gasteiger partial charge in [-0.3, -0.25) is 0 Å². The van der Waals surface area contributed by atoms with Crippen LogP contribution in [-0.4, -0.2) is 31.4 Å². The fraction of sp³-hybridized carbons (Fsp3) is 0.600. The monoisotopic (exact) mass is 325 g/mol. The van der Waals surface area contributed by atoms with Crippen molar-refractivity contribution < 1.29 is 9.47 Å². The van der Waals surface area contributed by atoms with Gasteiger partial charge in [0.05, 0.1) is 6.61 Å². The summed E-state index contributed by atoms with van der Waals surface area (Å²) in [5.74, 6) is 1.03. The van der Waals surface area contributed by atoms with Crippen LogP contribution in [0.5, 0.6) is 5.75 Å². The molecule has 0 bridgehead atoms. The van der Waals surface area contributed by atoms with Gasteiger partial charge in [-0.25, -0.2) is 0 Å². The standard InChI is InChI=1S/C15H20BrNO2/c1-15(5-2-6-18-10-15)17-9-13-8-11-7-12(16)3-4-14(11)19-13/h3-4,7,13,17H,2,5-6,8-10H2,1H3. The highest BCUT2D eigenvalue weighted by atomic mass is 79.9. The van der Waals surface area contributed by atoms with Crippen molar-refractivity contribution in [2.45, 2.75) is 37.8 Å². The van der Waals surface area contributed by atoms with Gasteiger partial charge in [0.2, 0.25) is 0 Å². The van der Waals surface area contributed by atoms with Crippen molar-refractivity contribution in [1.29, 1.82) is 0 Å². The molecule has 1 aromatic carbocycles. The highest BCUT2D eigenvalue weighted by molar-refractivity contribution is 9.10. The molecule has 0 aliphatic carbocycles. The first-order valence-corrected chi connectivity index (χ1v) is 7.72. The second-order valence-corrected chi connectivity index (χ2v) is 6.71. The Morgan fingerprint density at radius 1 is 1.47 bits per heavy atom. The lowest BCUT2D eigenvalue weighted by Crippen LogP contribution is -2.51. The second-order valence-electron chi connectivity index (χ2n) is 5.79. The van der Waals surface area contributed by atoms with E-state index in [-0.39, 0.29) is 11.6 Å². The largest absolute Gasteiger partial charge is 0.488 e. The Kier molecular flexibility index (Phi) is 3.83. The van der Waals surface area contributed by atoms with Crippen LogP contribution in [0.3, 0.4) is 0 Å². The zero-order valence-electron chi connectivity index (χ0n) is 11.2. The second kappa shape index (κ2) is 5.43. The van der Waals surface area contributed by atoms with Crippen LogP contribution in [0.2, 0.25) is 0 Å². The van der Waals surface area contributed by atoms with Crippen molar-refractivity contribution in [3.8, 4) is 5.75 Å². The molecule has 0 aromatic heterocycles. The molecule has 19 heavy (non-hydrogen) atoms. The molecule has 0 radical (unpaired) electrons. The molecule has 2 aliphatic heterocycles. The summed E-state index contributed by atoms with van der Waals surface area (Å²) < 4.78 is 12.7. The third-order valence-corrected chi connectivity index (χ3v) is 4.45. The number of halogens is 1. The highest BCUT2D eigenvalue weighted by Crippen LogP contribution is 2.31. The summed E-state index contributed by atoms with van der Waals surface area (Å²) in [6, 6.07) is 6.23. The zero-order valence-corrected chi connectivity index (χ0v) is 12.8. The number of benzene rings is 1. The minimum Gasteiger partial charge on any atom is -0.488 e. The summed E-state index contributed by atoms with van der Waals surface area (Å²) in [6.07, 6.45) is 3.54. The number of hydrogen-bond acceptors (Lipinski definition) is 3. The van der Waals surface area contributed by atoms with Gasteiger partial charge < -0.3 is 14.8 Å². The normalized spacial score (nSPS) is 29.9. The van der Waals surface area contributed by atoms with Gasteiger partial charge in [0.15, 0.2) is 0 Å². The lowest BCUT2D eigenvalue weighted by molar-refractivity contribution is 0.0245. The van der Waals surface area contributed by atoms with E-state index >= 15 is 0 Å². The van der Waals surface area contributed by atoms with E-state index in [1.807, 2.05) is 12.1 Å². The van der Waals surface area contributed by atoms with E-state index < -0.39 is 0 Å². The molecule has 3 rings (SSSR count). The molecule has 0 spiro atoms.